The van der Waals surface area contributed by atoms with Gasteiger partial charge in [0.15, 0.2) is 5.78 Å². The Kier molecular flexibility index (Phi) is 6.98. The lowest BCUT2D eigenvalue weighted by Crippen LogP contribution is -2.28. The van der Waals surface area contributed by atoms with Crippen LogP contribution < -0.4 is 5.32 Å². The number of rotatable bonds is 9. The number of Topliss-reactive ketones (excluding diaryl/α,β-unsaturated/α-hetero) is 1. The maximum absolute atomic E-state index is 12.2. The highest BCUT2D eigenvalue weighted by molar-refractivity contribution is 5.99. The summed E-state index contributed by atoms with van der Waals surface area (Å²) in [5, 5.41) is 3.38. The van der Waals surface area contributed by atoms with Crippen molar-refractivity contribution in [2.24, 2.45) is 0 Å². The molecule has 3 nitrogen and oxygen atoms in total. The van der Waals surface area contributed by atoms with E-state index >= 15 is 0 Å². The Bertz CT molecular complexity index is 583. The molecule has 0 bridgehead atoms. The van der Waals surface area contributed by atoms with Gasteiger partial charge in [0, 0.05) is 18.7 Å². The number of benzene rings is 2. The van der Waals surface area contributed by atoms with Crippen LogP contribution in [0.2, 0.25) is 0 Å². The van der Waals surface area contributed by atoms with Crippen molar-refractivity contribution < 1.29 is 9.53 Å². The second-order valence-corrected chi connectivity index (χ2v) is 5.76. The number of hydrogen-bond donors (Lipinski definition) is 1. The molecule has 0 fully saturated rings. The Morgan fingerprint density at radius 1 is 1.00 bits per heavy atom. The summed E-state index contributed by atoms with van der Waals surface area (Å²) in [5.41, 5.74) is 2.03. The number of ether oxygens (including phenoxy) is 1. The van der Waals surface area contributed by atoms with Gasteiger partial charge >= 0.3 is 0 Å². The lowest BCUT2D eigenvalue weighted by Gasteiger charge is -2.15. The van der Waals surface area contributed by atoms with Crippen LogP contribution in [0.4, 0.5) is 0 Å². The van der Waals surface area contributed by atoms with E-state index in [0.717, 1.165) is 13.1 Å². The highest BCUT2D eigenvalue weighted by atomic mass is 16.5. The Labute approximate surface area is 138 Å². The van der Waals surface area contributed by atoms with E-state index in [9.17, 15) is 4.79 Å². The van der Waals surface area contributed by atoms with Crippen molar-refractivity contribution in [3.05, 3.63) is 71.8 Å². The molecule has 2 aromatic carbocycles. The molecule has 2 rings (SSSR count). The minimum absolute atomic E-state index is 0.0308. The Morgan fingerprint density at radius 2 is 1.61 bits per heavy atom. The molecule has 0 amide bonds. The molecule has 1 N–H and O–H groups in total. The molecule has 0 aromatic heterocycles. The van der Waals surface area contributed by atoms with Gasteiger partial charge in [-0.25, -0.2) is 0 Å². The first kappa shape index (κ1) is 17.4. The van der Waals surface area contributed by atoms with Gasteiger partial charge in [-0.1, -0.05) is 67.6 Å². The van der Waals surface area contributed by atoms with Crippen LogP contribution in [0.1, 0.15) is 35.7 Å². The van der Waals surface area contributed by atoms with Crippen molar-refractivity contribution in [3.63, 3.8) is 0 Å². The average Bonchev–Trinajstić information content (AvgIpc) is 2.62. The van der Waals surface area contributed by atoms with E-state index in [1.54, 1.807) is 0 Å². The summed E-state index contributed by atoms with van der Waals surface area (Å²) in [6, 6.07) is 19.7. The topological polar surface area (TPSA) is 38.3 Å². The van der Waals surface area contributed by atoms with Crippen LogP contribution in [0.5, 0.6) is 0 Å². The van der Waals surface area contributed by atoms with E-state index in [1.807, 2.05) is 43.3 Å². The van der Waals surface area contributed by atoms with Gasteiger partial charge in [-0.15, -0.1) is 0 Å². The lowest BCUT2D eigenvalue weighted by molar-refractivity contribution is 0.0486. The van der Waals surface area contributed by atoms with Crippen molar-refractivity contribution >= 4 is 5.78 Å². The summed E-state index contributed by atoms with van der Waals surface area (Å²) in [4.78, 5) is 12.2. The van der Waals surface area contributed by atoms with Gasteiger partial charge in [-0.2, -0.15) is 0 Å². The number of hydrogen-bond acceptors (Lipinski definition) is 3. The second kappa shape index (κ2) is 9.23. The Hall–Kier alpha value is -1.97. The van der Waals surface area contributed by atoms with Crippen LogP contribution in [0.15, 0.2) is 60.7 Å². The molecule has 0 saturated carbocycles. The molecule has 2 aromatic rings. The highest BCUT2D eigenvalue weighted by Crippen LogP contribution is 2.12. The fourth-order valence-electron chi connectivity index (χ4n) is 2.44. The molecule has 2 atom stereocenters. The molecule has 0 radical (unpaired) electrons. The third-order valence-corrected chi connectivity index (χ3v) is 3.89. The zero-order chi connectivity index (χ0) is 16.5. The third-order valence-electron chi connectivity index (χ3n) is 3.89. The van der Waals surface area contributed by atoms with Crippen LogP contribution in [-0.4, -0.2) is 31.6 Å². The quantitative estimate of drug-likeness (QED) is 0.567. The summed E-state index contributed by atoms with van der Waals surface area (Å²) in [7, 11) is 0. The van der Waals surface area contributed by atoms with E-state index in [1.165, 1.54) is 5.56 Å². The highest BCUT2D eigenvalue weighted by Gasteiger charge is 2.14. The molecule has 0 saturated heterocycles. The summed E-state index contributed by atoms with van der Waals surface area (Å²) in [6.45, 7) is 6.17. The molecule has 0 aliphatic rings. The van der Waals surface area contributed by atoms with Gasteiger partial charge in [0.05, 0.1) is 6.61 Å². The van der Waals surface area contributed by atoms with Gasteiger partial charge in [-0.3, -0.25) is 4.79 Å². The predicted octanol–water partition coefficient (Wildman–Crippen LogP) is 3.67. The van der Waals surface area contributed by atoms with Crippen molar-refractivity contribution in [2.75, 3.05) is 19.7 Å². The van der Waals surface area contributed by atoms with Crippen molar-refractivity contribution in [1.29, 1.82) is 0 Å². The molecular formula is C20H25NO2. The zero-order valence-electron chi connectivity index (χ0n) is 13.9. The van der Waals surface area contributed by atoms with E-state index in [0.29, 0.717) is 18.1 Å². The van der Waals surface area contributed by atoms with E-state index in [-0.39, 0.29) is 5.78 Å². The van der Waals surface area contributed by atoms with Gasteiger partial charge < -0.3 is 10.1 Å². The molecule has 0 heterocycles. The number of carbonyl (C=O) groups is 1. The Morgan fingerprint density at radius 3 is 2.26 bits per heavy atom. The summed E-state index contributed by atoms with van der Waals surface area (Å²) in [6.07, 6.45) is -0.411. The van der Waals surface area contributed by atoms with Crippen LogP contribution >= 0.6 is 0 Å². The maximum atomic E-state index is 12.2. The fraction of sp³-hybridized carbons (Fsp3) is 0.350. The van der Waals surface area contributed by atoms with Gasteiger partial charge in [0.25, 0.3) is 0 Å². The average molecular weight is 311 g/mol. The largest absolute Gasteiger partial charge is 0.369 e. The lowest BCUT2D eigenvalue weighted by atomic mass is 10.0. The molecular weight excluding hydrogens is 286 g/mol. The number of carbonyl (C=O) groups excluding carboxylic acids is 1. The van der Waals surface area contributed by atoms with Crippen LogP contribution in [0, 0.1) is 0 Å². The van der Waals surface area contributed by atoms with Crippen molar-refractivity contribution in [2.45, 2.75) is 25.9 Å². The normalized spacial score (nSPS) is 13.5. The monoisotopic (exact) mass is 311 g/mol. The Balaban J connectivity index is 1.64. The van der Waals surface area contributed by atoms with E-state index in [4.69, 9.17) is 4.74 Å². The van der Waals surface area contributed by atoms with Gasteiger partial charge in [0.1, 0.15) is 6.10 Å². The first-order valence-corrected chi connectivity index (χ1v) is 8.15. The molecule has 2 unspecified atom stereocenters. The van der Waals surface area contributed by atoms with Crippen LogP contribution in [0.3, 0.4) is 0 Å². The van der Waals surface area contributed by atoms with Gasteiger partial charge in [-0.05, 0) is 18.4 Å². The smallest absolute Gasteiger partial charge is 0.191 e. The third kappa shape index (κ3) is 5.62. The summed E-state index contributed by atoms with van der Waals surface area (Å²) < 4.78 is 5.63. The fourth-order valence-corrected chi connectivity index (χ4v) is 2.44. The SMILES string of the molecule is CC(OCCNCC(C)c1ccccc1)C(=O)c1ccccc1. The first-order valence-electron chi connectivity index (χ1n) is 8.15. The molecule has 0 aliphatic carbocycles. The summed E-state index contributed by atoms with van der Waals surface area (Å²) in [5.74, 6) is 0.489. The molecule has 23 heavy (non-hydrogen) atoms. The van der Waals surface area contributed by atoms with Crippen LogP contribution in [0.25, 0.3) is 0 Å². The zero-order valence-corrected chi connectivity index (χ0v) is 13.9. The second-order valence-electron chi connectivity index (χ2n) is 5.76. The van der Waals surface area contributed by atoms with Gasteiger partial charge in [0.2, 0.25) is 0 Å². The predicted molar refractivity (Wildman–Crippen MR) is 93.9 cm³/mol. The van der Waals surface area contributed by atoms with Crippen LogP contribution in [-0.2, 0) is 4.74 Å². The maximum Gasteiger partial charge on any atom is 0.191 e. The van der Waals surface area contributed by atoms with E-state index in [2.05, 4.69) is 36.5 Å². The molecule has 3 heteroatoms. The minimum atomic E-state index is -0.411. The number of nitrogens with one attached hydrogen (secondary N) is 1. The molecule has 0 aliphatic heterocycles. The molecule has 122 valence electrons. The molecule has 0 spiro atoms. The number of ketones is 1. The van der Waals surface area contributed by atoms with Crippen molar-refractivity contribution in [1.82, 2.24) is 5.32 Å². The summed E-state index contributed by atoms with van der Waals surface area (Å²) >= 11 is 0. The van der Waals surface area contributed by atoms with E-state index < -0.39 is 6.10 Å². The van der Waals surface area contributed by atoms with Crippen molar-refractivity contribution in [3.8, 4) is 0 Å². The minimum Gasteiger partial charge on any atom is -0.369 e. The standard InChI is InChI=1S/C20H25NO2/c1-16(18-9-5-3-6-10-18)15-21-13-14-23-17(2)20(22)19-11-7-4-8-12-19/h3-12,16-17,21H,13-15H2,1-2H3. The first-order chi connectivity index (χ1) is 11.2.